The summed E-state index contributed by atoms with van der Waals surface area (Å²) in [5.41, 5.74) is 1.97. The molecule has 84 valence electrons. The van der Waals surface area contributed by atoms with Crippen LogP contribution in [0.15, 0.2) is 24.3 Å². The van der Waals surface area contributed by atoms with Crippen molar-refractivity contribution in [3.8, 4) is 0 Å². The number of ketones is 1. The third-order valence-electron chi connectivity index (χ3n) is 3.65. The molecule has 3 nitrogen and oxygen atoms in total. The van der Waals surface area contributed by atoms with Gasteiger partial charge in [-0.05, 0) is 25.5 Å². The lowest BCUT2D eigenvalue weighted by Gasteiger charge is -2.30. The molecule has 2 unspecified atom stereocenters. The summed E-state index contributed by atoms with van der Waals surface area (Å²) in [6.07, 6.45) is 1.21. The Hall–Kier alpha value is -1.35. The zero-order chi connectivity index (χ0) is 11.1. The zero-order valence-corrected chi connectivity index (χ0v) is 9.44. The van der Waals surface area contributed by atoms with Gasteiger partial charge in [0.1, 0.15) is 0 Å². The maximum Gasteiger partial charge on any atom is 0.161 e. The number of nitrogens with one attached hydrogen (secondary N) is 1. The second-order valence-corrected chi connectivity index (χ2v) is 4.72. The van der Waals surface area contributed by atoms with Crippen LogP contribution >= 0.6 is 0 Å². The van der Waals surface area contributed by atoms with Crippen molar-refractivity contribution in [1.82, 2.24) is 5.32 Å². The third kappa shape index (κ3) is 1.43. The van der Waals surface area contributed by atoms with Gasteiger partial charge in [-0.1, -0.05) is 12.1 Å². The second-order valence-electron chi connectivity index (χ2n) is 4.72. The average Bonchev–Trinajstić information content (AvgIpc) is 2.90. The predicted octanol–water partition coefficient (Wildman–Crippen LogP) is 1.44. The van der Waals surface area contributed by atoms with Crippen molar-refractivity contribution < 1.29 is 4.79 Å². The fourth-order valence-corrected chi connectivity index (χ4v) is 2.88. The molecule has 3 heteroatoms. The number of hydrogen-bond acceptors (Lipinski definition) is 3. The van der Waals surface area contributed by atoms with Crippen molar-refractivity contribution in [3.63, 3.8) is 0 Å². The van der Waals surface area contributed by atoms with E-state index in [2.05, 4.69) is 16.3 Å². The highest BCUT2D eigenvalue weighted by Crippen LogP contribution is 2.31. The molecule has 16 heavy (non-hydrogen) atoms. The fourth-order valence-electron chi connectivity index (χ4n) is 2.88. The molecule has 0 spiro atoms. The maximum atomic E-state index is 11.6. The number of benzene rings is 1. The van der Waals surface area contributed by atoms with Crippen LogP contribution < -0.4 is 10.2 Å². The number of carbonyl (C=O) groups excluding carboxylic acids is 1. The van der Waals surface area contributed by atoms with E-state index < -0.39 is 0 Å². The monoisotopic (exact) mass is 216 g/mol. The first-order chi connectivity index (χ1) is 7.75. The minimum atomic E-state index is 0.159. The van der Waals surface area contributed by atoms with Gasteiger partial charge in [-0.15, -0.1) is 0 Å². The lowest BCUT2D eigenvalue weighted by Crippen LogP contribution is -2.44. The Morgan fingerprint density at radius 3 is 2.88 bits per heavy atom. The highest BCUT2D eigenvalue weighted by atomic mass is 16.1. The van der Waals surface area contributed by atoms with Crippen molar-refractivity contribution >= 4 is 11.5 Å². The summed E-state index contributed by atoms with van der Waals surface area (Å²) in [5, 5.41) is 3.48. The number of rotatable bonds is 2. The summed E-state index contributed by atoms with van der Waals surface area (Å²) in [5.74, 6) is 0.159. The molecule has 0 amide bonds. The van der Waals surface area contributed by atoms with Gasteiger partial charge < -0.3 is 10.2 Å². The summed E-state index contributed by atoms with van der Waals surface area (Å²) in [7, 11) is 0. The van der Waals surface area contributed by atoms with Gasteiger partial charge in [0, 0.05) is 36.4 Å². The van der Waals surface area contributed by atoms with Gasteiger partial charge in [-0.3, -0.25) is 4.79 Å². The standard InChI is InChI=1S/C13H16N2O/c1-9(16)12-4-2-3-5-13(12)15-8-10-6-11(15)7-14-10/h2-5,10-11,14H,6-8H2,1H3. The van der Waals surface area contributed by atoms with Crippen molar-refractivity contribution in [2.24, 2.45) is 0 Å². The number of piperazine rings is 1. The van der Waals surface area contributed by atoms with Crippen LogP contribution in [0.4, 0.5) is 5.69 Å². The molecule has 1 aromatic carbocycles. The highest BCUT2D eigenvalue weighted by Gasteiger charge is 2.38. The summed E-state index contributed by atoms with van der Waals surface area (Å²) >= 11 is 0. The number of para-hydroxylation sites is 1. The van der Waals surface area contributed by atoms with Crippen molar-refractivity contribution in [2.45, 2.75) is 25.4 Å². The van der Waals surface area contributed by atoms with Gasteiger partial charge in [-0.2, -0.15) is 0 Å². The summed E-state index contributed by atoms with van der Waals surface area (Å²) in [4.78, 5) is 14.0. The lowest BCUT2D eigenvalue weighted by atomic mass is 10.1. The molecule has 2 atom stereocenters. The highest BCUT2D eigenvalue weighted by molar-refractivity contribution is 5.99. The van der Waals surface area contributed by atoms with Crippen LogP contribution in [0.3, 0.4) is 0 Å². The van der Waals surface area contributed by atoms with Crippen LogP contribution in [-0.2, 0) is 0 Å². The van der Waals surface area contributed by atoms with Crippen molar-refractivity contribution in [1.29, 1.82) is 0 Å². The molecule has 2 saturated heterocycles. The van der Waals surface area contributed by atoms with E-state index in [1.165, 1.54) is 6.42 Å². The first-order valence-electron chi connectivity index (χ1n) is 5.85. The van der Waals surface area contributed by atoms with Crippen LogP contribution in [0.5, 0.6) is 0 Å². The molecule has 0 aromatic heterocycles. The number of fused-ring (bicyclic) bond motifs is 2. The molecule has 0 saturated carbocycles. The van der Waals surface area contributed by atoms with E-state index in [9.17, 15) is 4.79 Å². The van der Waals surface area contributed by atoms with Gasteiger partial charge in [-0.25, -0.2) is 0 Å². The average molecular weight is 216 g/mol. The Bertz CT molecular complexity index is 430. The Morgan fingerprint density at radius 2 is 2.25 bits per heavy atom. The van der Waals surface area contributed by atoms with Gasteiger partial charge >= 0.3 is 0 Å². The molecule has 2 fully saturated rings. The molecule has 1 N–H and O–H groups in total. The predicted molar refractivity (Wildman–Crippen MR) is 64.0 cm³/mol. The van der Waals surface area contributed by atoms with E-state index in [0.29, 0.717) is 12.1 Å². The molecule has 0 radical (unpaired) electrons. The van der Waals surface area contributed by atoms with E-state index in [1.54, 1.807) is 6.92 Å². The second kappa shape index (κ2) is 3.59. The topological polar surface area (TPSA) is 32.3 Å². The largest absolute Gasteiger partial charge is 0.365 e. The Morgan fingerprint density at radius 1 is 1.44 bits per heavy atom. The number of hydrogen-bond donors (Lipinski definition) is 1. The van der Waals surface area contributed by atoms with E-state index in [-0.39, 0.29) is 5.78 Å². The molecule has 2 aliphatic rings. The molecule has 2 bridgehead atoms. The Balaban J connectivity index is 1.97. The molecule has 0 aliphatic carbocycles. The first-order valence-corrected chi connectivity index (χ1v) is 5.85. The summed E-state index contributed by atoms with van der Waals surface area (Å²) < 4.78 is 0. The summed E-state index contributed by atoms with van der Waals surface area (Å²) in [6.45, 7) is 3.73. The molecule has 2 aliphatic heterocycles. The minimum absolute atomic E-state index is 0.159. The van der Waals surface area contributed by atoms with E-state index in [1.807, 2.05) is 18.2 Å². The Kier molecular flexibility index (Phi) is 2.21. The van der Waals surface area contributed by atoms with Crippen molar-refractivity contribution in [2.75, 3.05) is 18.0 Å². The van der Waals surface area contributed by atoms with Gasteiger partial charge in [0.25, 0.3) is 0 Å². The van der Waals surface area contributed by atoms with Crippen LogP contribution in [0.25, 0.3) is 0 Å². The lowest BCUT2D eigenvalue weighted by molar-refractivity contribution is 0.101. The SMILES string of the molecule is CC(=O)c1ccccc1N1CC2CC1CN2. The fraction of sp³-hybridized carbons (Fsp3) is 0.462. The quantitative estimate of drug-likeness (QED) is 0.759. The molecular weight excluding hydrogens is 200 g/mol. The van der Waals surface area contributed by atoms with Gasteiger partial charge in [0.05, 0.1) is 0 Å². The van der Waals surface area contributed by atoms with Crippen LogP contribution in [0.1, 0.15) is 23.7 Å². The van der Waals surface area contributed by atoms with Gasteiger partial charge in [0.2, 0.25) is 0 Å². The van der Waals surface area contributed by atoms with Crippen LogP contribution in [0.2, 0.25) is 0 Å². The molecule has 2 heterocycles. The van der Waals surface area contributed by atoms with Crippen LogP contribution in [-0.4, -0.2) is 31.0 Å². The maximum absolute atomic E-state index is 11.6. The van der Waals surface area contributed by atoms with Gasteiger partial charge in [0.15, 0.2) is 5.78 Å². The molecule has 3 rings (SSSR count). The molecule has 1 aromatic rings. The van der Waals surface area contributed by atoms with Crippen molar-refractivity contribution in [3.05, 3.63) is 29.8 Å². The number of carbonyl (C=O) groups is 1. The first kappa shape index (κ1) is 9.85. The smallest absolute Gasteiger partial charge is 0.161 e. The molecular formula is C13H16N2O. The van der Waals surface area contributed by atoms with E-state index in [4.69, 9.17) is 0 Å². The van der Waals surface area contributed by atoms with E-state index >= 15 is 0 Å². The third-order valence-corrected chi connectivity index (χ3v) is 3.65. The van der Waals surface area contributed by atoms with E-state index in [0.717, 1.165) is 24.3 Å². The number of anilines is 1. The number of Topliss-reactive ketones (excluding diaryl/α,β-unsaturated/α-hetero) is 1. The number of nitrogens with zero attached hydrogens (tertiary/aromatic N) is 1. The summed E-state index contributed by atoms with van der Waals surface area (Å²) in [6, 6.07) is 9.14. The van der Waals surface area contributed by atoms with Crippen LogP contribution in [0, 0.1) is 0 Å². The minimum Gasteiger partial charge on any atom is -0.365 e. The normalized spacial score (nSPS) is 27.4. The Labute approximate surface area is 95.4 Å². The zero-order valence-electron chi connectivity index (χ0n) is 9.44.